The molecule has 0 rings (SSSR count). The number of carbonyl (C=O) groups excluding carboxylic acids is 1. The number of esters is 1. The van der Waals surface area contributed by atoms with Crippen LogP contribution in [0.3, 0.4) is 0 Å². The molecule has 0 amide bonds. The first-order chi connectivity index (χ1) is 8.81. The van der Waals surface area contributed by atoms with Gasteiger partial charge in [0.05, 0.1) is 6.61 Å². The molecule has 0 bridgehead atoms. The third-order valence-corrected chi connectivity index (χ3v) is 3.25. The van der Waals surface area contributed by atoms with Gasteiger partial charge in [-0.05, 0) is 12.8 Å². The molecule has 0 atom stereocenters. The van der Waals surface area contributed by atoms with Crippen molar-refractivity contribution in [2.24, 2.45) is 0 Å². The minimum absolute atomic E-state index is 0. The first kappa shape index (κ1) is 21.6. The normalized spacial score (nSPS) is 10.0. The van der Waals surface area contributed by atoms with E-state index in [1.807, 2.05) is 0 Å². The Morgan fingerprint density at radius 2 is 1.21 bits per heavy atom. The second-order valence-electron chi connectivity index (χ2n) is 5.15. The third-order valence-electron chi connectivity index (χ3n) is 3.25. The summed E-state index contributed by atoms with van der Waals surface area (Å²) in [5.41, 5.74) is 0. The number of carbonyl (C=O) groups is 1. The van der Waals surface area contributed by atoms with Crippen molar-refractivity contribution in [1.29, 1.82) is 0 Å². The molecule has 0 aromatic rings. The van der Waals surface area contributed by atoms with E-state index in [0.717, 1.165) is 19.3 Å². The van der Waals surface area contributed by atoms with Crippen molar-refractivity contribution in [2.75, 3.05) is 6.61 Å². The zero-order chi connectivity index (χ0) is 13.5. The van der Waals surface area contributed by atoms with Crippen LogP contribution in [0.25, 0.3) is 0 Å². The predicted octanol–water partition coefficient (Wildman–Crippen LogP) is 4.33. The topological polar surface area (TPSA) is 26.3 Å². The van der Waals surface area contributed by atoms with Crippen LogP contribution >= 0.6 is 0 Å². The maximum atomic E-state index is 11.3. The Hall–Kier alpha value is 0.269. The Morgan fingerprint density at radius 1 is 0.737 bits per heavy atom. The van der Waals surface area contributed by atoms with Crippen LogP contribution < -0.4 is 0 Å². The molecule has 0 aliphatic carbocycles. The maximum absolute atomic E-state index is 11.3. The Balaban J connectivity index is 0. The summed E-state index contributed by atoms with van der Waals surface area (Å²) in [5.74, 6) is -0.00797. The van der Waals surface area contributed by atoms with Gasteiger partial charge in [-0.2, -0.15) is 0 Å². The Bertz CT molecular complexity index is 184. The van der Waals surface area contributed by atoms with E-state index in [4.69, 9.17) is 4.74 Å². The van der Waals surface area contributed by atoms with E-state index in [2.05, 4.69) is 13.8 Å². The molecule has 0 aromatic carbocycles. The molecule has 2 nitrogen and oxygen atoms in total. The molecule has 0 saturated heterocycles. The SMILES string of the molecule is CCCCCCCCCCCC(=O)OCCCC.[SnH2]. The fourth-order valence-electron chi connectivity index (χ4n) is 1.98. The van der Waals surface area contributed by atoms with Crippen molar-refractivity contribution in [2.45, 2.75) is 90.9 Å². The number of rotatable bonds is 13. The van der Waals surface area contributed by atoms with E-state index in [0.29, 0.717) is 13.0 Å². The van der Waals surface area contributed by atoms with Crippen LogP contribution in [-0.4, -0.2) is 36.5 Å². The molecule has 0 unspecified atom stereocenters. The van der Waals surface area contributed by atoms with Gasteiger partial charge in [0, 0.05) is 6.42 Å². The Kier molecular flexibility index (Phi) is 20.7. The van der Waals surface area contributed by atoms with Gasteiger partial charge in [-0.15, -0.1) is 0 Å². The van der Waals surface area contributed by atoms with E-state index in [9.17, 15) is 4.79 Å². The van der Waals surface area contributed by atoms with E-state index in [1.165, 1.54) is 51.4 Å². The first-order valence-corrected chi connectivity index (χ1v) is 7.96. The second kappa shape index (κ2) is 18.3. The molecule has 0 fully saturated rings. The van der Waals surface area contributed by atoms with E-state index in [-0.39, 0.29) is 29.9 Å². The summed E-state index contributed by atoms with van der Waals surface area (Å²) >= 11 is 0. The van der Waals surface area contributed by atoms with Crippen LogP contribution in [0, 0.1) is 0 Å². The number of hydrogen-bond acceptors (Lipinski definition) is 2. The number of hydrogen-bond donors (Lipinski definition) is 0. The quantitative estimate of drug-likeness (QED) is 0.271. The average Bonchev–Trinajstić information content (AvgIpc) is 2.37. The molecule has 0 heterocycles. The Labute approximate surface area is 137 Å². The molecular weight excluding hydrogens is 343 g/mol. The zero-order valence-electron chi connectivity index (χ0n) is 13.2. The minimum atomic E-state index is -0.00797. The van der Waals surface area contributed by atoms with Crippen LogP contribution in [0.5, 0.6) is 0 Å². The van der Waals surface area contributed by atoms with Gasteiger partial charge in [0.15, 0.2) is 0 Å². The molecule has 19 heavy (non-hydrogen) atoms. The summed E-state index contributed by atoms with van der Waals surface area (Å²) in [5, 5.41) is 0. The molecular formula is C16H34O2Sn. The molecule has 0 spiro atoms. The van der Waals surface area contributed by atoms with Gasteiger partial charge in [-0.1, -0.05) is 71.6 Å². The van der Waals surface area contributed by atoms with E-state index >= 15 is 0 Å². The van der Waals surface area contributed by atoms with Crippen LogP contribution in [0.4, 0.5) is 0 Å². The molecule has 0 aliphatic rings. The van der Waals surface area contributed by atoms with Crippen LogP contribution in [0.1, 0.15) is 90.9 Å². The van der Waals surface area contributed by atoms with E-state index < -0.39 is 0 Å². The van der Waals surface area contributed by atoms with Gasteiger partial charge >= 0.3 is 29.9 Å². The third kappa shape index (κ3) is 18.3. The molecule has 0 N–H and O–H groups in total. The molecule has 0 aromatic heterocycles. The first-order valence-electron chi connectivity index (χ1n) is 7.96. The molecule has 2 radical (unpaired) electrons. The average molecular weight is 377 g/mol. The fraction of sp³-hybridized carbons (Fsp3) is 0.938. The van der Waals surface area contributed by atoms with Crippen LogP contribution in [0.2, 0.25) is 0 Å². The van der Waals surface area contributed by atoms with Crippen molar-refractivity contribution >= 4 is 29.9 Å². The van der Waals surface area contributed by atoms with Crippen molar-refractivity contribution in [3.63, 3.8) is 0 Å². The van der Waals surface area contributed by atoms with Crippen molar-refractivity contribution in [1.82, 2.24) is 0 Å². The number of ether oxygens (including phenoxy) is 1. The summed E-state index contributed by atoms with van der Waals surface area (Å²) in [6.07, 6.45) is 14.3. The van der Waals surface area contributed by atoms with E-state index in [1.54, 1.807) is 0 Å². The summed E-state index contributed by atoms with van der Waals surface area (Å²) in [4.78, 5) is 11.3. The van der Waals surface area contributed by atoms with Gasteiger partial charge in [-0.3, -0.25) is 4.79 Å². The molecule has 3 heteroatoms. The Morgan fingerprint density at radius 3 is 1.74 bits per heavy atom. The fourth-order valence-corrected chi connectivity index (χ4v) is 1.98. The summed E-state index contributed by atoms with van der Waals surface area (Å²) < 4.78 is 5.12. The second-order valence-corrected chi connectivity index (χ2v) is 5.15. The van der Waals surface area contributed by atoms with Gasteiger partial charge in [-0.25, -0.2) is 0 Å². The predicted molar refractivity (Wildman–Crippen MR) is 86.3 cm³/mol. The molecule has 0 aliphatic heterocycles. The van der Waals surface area contributed by atoms with Crippen molar-refractivity contribution in [3.8, 4) is 0 Å². The van der Waals surface area contributed by atoms with Gasteiger partial charge < -0.3 is 4.74 Å². The van der Waals surface area contributed by atoms with Gasteiger partial charge in [0.1, 0.15) is 0 Å². The summed E-state index contributed by atoms with van der Waals surface area (Å²) in [6.45, 7) is 4.96. The summed E-state index contributed by atoms with van der Waals surface area (Å²) in [6, 6.07) is 0. The van der Waals surface area contributed by atoms with Crippen LogP contribution in [0.15, 0.2) is 0 Å². The zero-order valence-corrected chi connectivity index (χ0v) is 17.3. The van der Waals surface area contributed by atoms with Gasteiger partial charge in [0.2, 0.25) is 0 Å². The van der Waals surface area contributed by atoms with Crippen LogP contribution in [-0.2, 0) is 9.53 Å². The standard InChI is InChI=1S/C16H32O2.Sn.2H/c1-3-5-7-8-9-10-11-12-13-14-16(17)18-15-6-4-2;;;/h3-15H2,1-2H3;;;. The van der Waals surface area contributed by atoms with Crippen molar-refractivity contribution < 1.29 is 9.53 Å². The summed E-state index contributed by atoms with van der Waals surface area (Å²) in [7, 11) is 0. The molecule has 0 saturated carbocycles. The monoisotopic (exact) mass is 378 g/mol. The molecule has 114 valence electrons. The number of unbranched alkanes of at least 4 members (excludes halogenated alkanes) is 9. The van der Waals surface area contributed by atoms with Crippen molar-refractivity contribution in [3.05, 3.63) is 0 Å². The van der Waals surface area contributed by atoms with Gasteiger partial charge in [0.25, 0.3) is 0 Å².